The van der Waals surface area contributed by atoms with Crippen LogP contribution in [-0.2, 0) is 0 Å². The molecule has 0 aliphatic carbocycles. The lowest BCUT2D eigenvalue weighted by Gasteiger charge is -2.34. The van der Waals surface area contributed by atoms with Gasteiger partial charge in [0.1, 0.15) is 0 Å². The lowest BCUT2D eigenvalue weighted by molar-refractivity contribution is 0.0615. The second kappa shape index (κ2) is 6.96. The molecule has 1 aliphatic heterocycles. The fourth-order valence-corrected chi connectivity index (χ4v) is 3.25. The number of halogens is 3. The van der Waals surface area contributed by atoms with Gasteiger partial charge in [-0.25, -0.2) is 0 Å². The lowest BCUT2D eigenvalue weighted by Crippen LogP contribution is -2.46. The van der Waals surface area contributed by atoms with Crippen LogP contribution in [0.3, 0.4) is 0 Å². The maximum absolute atomic E-state index is 13.0. The molecule has 0 radical (unpaired) electrons. The molecule has 0 spiro atoms. The topological polar surface area (TPSA) is 32.3 Å². The molecule has 1 aromatic rings. The third-order valence-corrected chi connectivity index (χ3v) is 4.94. The van der Waals surface area contributed by atoms with Crippen molar-refractivity contribution in [2.24, 2.45) is 5.41 Å². The summed E-state index contributed by atoms with van der Waals surface area (Å²) in [6.07, 6.45) is 0.945. The van der Waals surface area contributed by atoms with Crippen LogP contribution < -0.4 is 5.32 Å². The second-order valence-corrected chi connectivity index (χ2v) is 8.03. The van der Waals surface area contributed by atoms with Crippen molar-refractivity contribution < 1.29 is 4.79 Å². The molecule has 1 aromatic carbocycles. The highest BCUT2D eigenvalue weighted by Gasteiger charge is 2.31. The van der Waals surface area contributed by atoms with E-state index in [1.165, 1.54) is 0 Å². The highest BCUT2D eigenvalue weighted by molar-refractivity contribution is 6.49. The van der Waals surface area contributed by atoms with Gasteiger partial charge in [-0.3, -0.25) is 4.79 Å². The number of carbonyl (C=O) groups excluding carboxylic acids is 1. The first-order chi connectivity index (χ1) is 10.2. The van der Waals surface area contributed by atoms with Crippen LogP contribution in [0.25, 0.3) is 0 Å². The Kier molecular flexibility index (Phi) is 5.65. The van der Waals surface area contributed by atoms with E-state index in [9.17, 15) is 4.79 Å². The first-order valence-corrected chi connectivity index (χ1v) is 8.49. The standard InChI is InChI=1S/C16H21Cl3N2O/c1-16(2,3)9-21(10-6-7-20-8-10)15(22)11-4-5-12(17)14(19)13(11)18/h4-5,10,20H,6-9H2,1-3H3. The van der Waals surface area contributed by atoms with Crippen LogP contribution in [0.2, 0.25) is 15.1 Å². The number of hydrogen-bond acceptors (Lipinski definition) is 2. The van der Waals surface area contributed by atoms with Crippen LogP contribution >= 0.6 is 34.8 Å². The minimum atomic E-state index is -0.0906. The quantitative estimate of drug-likeness (QED) is 0.802. The van der Waals surface area contributed by atoms with E-state index in [0.717, 1.165) is 19.5 Å². The molecule has 6 heteroatoms. The number of carbonyl (C=O) groups is 1. The summed E-state index contributed by atoms with van der Waals surface area (Å²) in [5, 5.41) is 4.12. The molecule has 1 aliphatic rings. The minimum Gasteiger partial charge on any atom is -0.334 e. The number of amides is 1. The van der Waals surface area contributed by atoms with Gasteiger partial charge in [0.2, 0.25) is 0 Å². The summed E-state index contributed by atoms with van der Waals surface area (Å²) < 4.78 is 0. The van der Waals surface area contributed by atoms with Gasteiger partial charge in [0, 0.05) is 19.1 Å². The summed E-state index contributed by atoms with van der Waals surface area (Å²) in [5.74, 6) is -0.0906. The molecule has 0 bridgehead atoms. The Labute approximate surface area is 146 Å². The highest BCUT2D eigenvalue weighted by Crippen LogP contribution is 2.34. The first kappa shape index (κ1) is 17.9. The third-order valence-electron chi connectivity index (χ3n) is 3.65. The first-order valence-electron chi connectivity index (χ1n) is 7.36. The van der Waals surface area contributed by atoms with Gasteiger partial charge >= 0.3 is 0 Å². The molecule has 2 rings (SSSR count). The molecule has 1 N–H and O–H groups in total. The molecule has 122 valence electrons. The summed E-state index contributed by atoms with van der Waals surface area (Å²) in [4.78, 5) is 14.9. The van der Waals surface area contributed by atoms with Crippen LogP contribution in [0.5, 0.6) is 0 Å². The lowest BCUT2D eigenvalue weighted by atomic mass is 9.94. The SMILES string of the molecule is CC(C)(C)CN(C(=O)c1ccc(Cl)c(Cl)c1Cl)C1CCNC1. The molecular weight excluding hydrogens is 343 g/mol. The van der Waals surface area contributed by atoms with Crippen molar-refractivity contribution in [2.75, 3.05) is 19.6 Å². The average Bonchev–Trinajstić information content (AvgIpc) is 2.95. The fourth-order valence-electron chi connectivity index (χ4n) is 2.63. The summed E-state index contributed by atoms with van der Waals surface area (Å²) in [5.41, 5.74) is 0.410. The summed E-state index contributed by atoms with van der Waals surface area (Å²) in [7, 11) is 0. The molecule has 1 fully saturated rings. The number of hydrogen-bond donors (Lipinski definition) is 1. The Balaban J connectivity index is 2.34. The number of nitrogens with zero attached hydrogens (tertiary/aromatic N) is 1. The Morgan fingerprint density at radius 3 is 2.50 bits per heavy atom. The van der Waals surface area contributed by atoms with Crippen LogP contribution in [0.15, 0.2) is 12.1 Å². The van der Waals surface area contributed by atoms with Crippen molar-refractivity contribution in [3.63, 3.8) is 0 Å². The van der Waals surface area contributed by atoms with Gasteiger partial charge in [-0.05, 0) is 30.5 Å². The largest absolute Gasteiger partial charge is 0.334 e. The molecule has 0 saturated carbocycles. The van der Waals surface area contributed by atoms with E-state index < -0.39 is 0 Å². The predicted octanol–water partition coefficient (Wildman–Crippen LogP) is 4.50. The van der Waals surface area contributed by atoms with Crippen molar-refractivity contribution in [2.45, 2.75) is 33.2 Å². The van der Waals surface area contributed by atoms with E-state index in [2.05, 4.69) is 26.1 Å². The normalized spacial score (nSPS) is 18.5. The molecule has 22 heavy (non-hydrogen) atoms. The minimum absolute atomic E-state index is 0.000939. The fraction of sp³-hybridized carbons (Fsp3) is 0.562. The van der Waals surface area contributed by atoms with E-state index in [4.69, 9.17) is 34.8 Å². The van der Waals surface area contributed by atoms with Crippen molar-refractivity contribution in [3.05, 3.63) is 32.8 Å². The van der Waals surface area contributed by atoms with Gasteiger partial charge in [-0.2, -0.15) is 0 Å². The number of rotatable bonds is 3. The maximum Gasteiger partial charge on any atom is 0.255 e. The number of nitrogens with one attached hydrogen (secondary N) is 1. The summed E-state index contributed by atoms with van der Waals surface area (Å²) in [6.45, 7) is 8.74. The zero-order valence-corrected chi connectivity index (χ0v) is 15.3. The van der Waals surface area contributed by atoms with Crippen molar-refractivity contribution >= 4 is 40.7 Å². The van der Waals surface area contributed by atoms with E-state index in [1.807, 2.05) is 4.90 Å². The molecular formula is C16H21Cl3N2O. The predicted molar refractivity (Wildman–Crippen MR) is 93.2 cm³/mol. The van der Waals surface area contributed by atoms with Gasteiger partial charge in [0.05, 0.1) is 20.6 Å². The second-order valence-electron chi connectivity index (χ2n) is 6.86. The van der Waals surface area contributed by atoms with Gasteiger partial charge in [0.15, 0.2) is 0 Å². The number of benzene rings is 1. The van der Waals surface area contributed by atoms with Crippen LogP contribution in [0.4, 0.5) is 0 Å². The molecule has 1 amide bonds. The molecule has 1 saturated heterocycles. The summed E-state index contributed by atoms with van der Waals surface area (Å²) in [6, 6.07) is 3.44. The van der Waals surface area contributed by atoms with E-state index >= 15 is 0 Å². The van der Waals surface area contributed by atoms with E-state index in [0.29, 0.717) is 17.1 Å². The van der Waals surface area contributed by atoms with Crippen molar-refractivity contribution in [3.8, 4) is 0 Å². The monoisotopic (exact) mass is 362 g/mol. The summed E-state index contributed by atoms with van der Waals surface area (Å²) >= 11 is 18.3. The maximum atomic E-state index is 13.0. The van der Waals surface area contributed by atoms with E-state index in [1.54, 1.807) is 12.1 Å². The van der Waals surface area contributed by atoms with Crippen molar-refractivity contribution in [1.29, 1.82) is 0 Å². The smallest absolute Gasteiger partial charge is 0.255 e. The molecule has 1 heterocycles. The Hall–Kier alpha value is -0.480. The van der Waals surface area contributed by atoms with Gasteiger partial charge in [-0.1, -0.05) is 55.6 Å². The van der Waals surface area contributed by atoms with Gasteiger partial charge in [-0.15, -0.1) is 0 Å². The Bertz CT molecular complexity index is 563. The van der Waals surface area contributed by atoms with E-state index in [-0.39, 0.29) is 27.4 Å². The Morgan fingerprint density at radius 1 is 1.27 bits per heavy atom. The Morgan fingerprint density at radius 2 is 1.95 bits per heavy atom. The van der Waals surface area contributed by atoms with Crippen LogP contribution in [0, 0.1) is 5.41 Å². The molecule has 1 unspecified atom stereocenters. The zero-order valence-electron chi connectivity index (χ0n) is 13.0. The van der Waals surface area contributed by atoms with Gasteiger partial charge in [0.25, 0.3) is 5.91 Å². The highest BCUT2D eigenvalue weighted by atomic mass is 35.5. The average molecular weight is 364 g/mol. The zero-order chi connectivity index (χ0) is 16.5. The van der Waals surface area contributed by atoms with Crippen molar-refractivity contribution in [1.82, 2.24) is 10.2 Å². The molecule has 0 aromatic heterocycles. The molecule has 1 atom stereocenters. The molecule has 3 nitrogen and oxygen atoms in total. The van der Waals surface area contributed by atoms with Gasteiger partial charge < -0.3 is 10.2 Å². The van der Waals surface area contributed by atoms with Crippen LogP contribution in [0.1, 0.15) is 37.6 Å². The third kappa shape index (κ3) is 4.08. The van der Waals surface area contributed by atoms with Crippen LogP contribution in [-0.4, -0.2) is 36.5 Å².